The molecule has 3 aromatic rings. The summed E-state index contributed by atoms with van der Waals surface area (Å²) < 4.78 is 3.91. The highest BCUT2D eigenvalue weighted by Gasteiger charge is 2.04. The van der Waals surface area contributed by atoms with Crippen LogP contribution in [0.15, 0.2) is 43.2 Å². The van der Waals surface area contributed by atoms with E-state index < -0.39 is 0 Å². The van der Waals surface area contributed by atoms with Crippen molar-refractivity contribution in [3.8, 4) is 5.69 Å². The quantitative estimate of drug-likeness (QED) is 0.739. The Morgan fingerprint density at radius 2 is 1.90 bits per heavy atom. The molecular formula is C14H12Cl2N4. The minimum atomic E-state index is 0.532. The van der Waals surface area contributed by atoms with E-state index in [1.54, 1.807) is 18.7 Å². The standard InChI is InChI=1S/C14H12Cl2N4/c1-10-5-19(8-17-10)6-11-7-20(9-18-11)12-2-3-13(15)14(16)4-12/h2-5,7-9H,6H2,1H3. The van der Waals surface area contributed by atoms with Gasteiger partial charge in [-0.2, -0.15) is 0 Å². The van der Waals surface area contributed by atoms with Crippen molar-refractivity contribution in [3.63, 3.8) is 0 Å². The molecule has 0 aliphatic carbocycles. The van der Waals surface area contributed by atoms with Crippen LogP contribution in [-0.4, -0.2) is 19.1 Å². The van der Waals surface area contributed by atoms with Crippen LogP contribution in [0.25, 0.3) is 5.69 Å². The highest BCUT2D eigenvalue weighted by Crippen LogP contribution is 2.24. The molecule has 0 aliphatic rings. The first-order chi connectivity index (χ1) is 9.61. The lowest BCUT2D eigenvalue weighted by atomic mass is 10.3. The molecule has 0 saturated carbocycles. The van der Waals surface area contributed by atoms with E-state index in [0.29, 0.717) is 16.6 Å². The number of hydrogen-bond donors (Lipinski definition) is 0. The number of aryl methyl sites for hydroxylation is 1. The zero-order chi connectivity index (χ0) is 14.1. The number of imidazole rings is 2. The highest BCUT2D eigenvalue weighted by atomic mass is 35.5. The number of aromatic nitrogens is 4. The number of nitrogens with zero attached hydrogens (tertiary/aromatic N) is 4. The molecule has 0 fully saturated rings. The van der Waals surface area contributed by atoms with E-state index >= 15 is 0 Å². The first-order valence-electron chi connectivity index (χ1n) is 6.08. The Morgan fingerprint density at radius 1 is 1.05 bits per heavy atom. The fourth-order valence-electron chi connectivity index (χ4n) is 1.98. The summed E-state index contributed by atoms with van der Waals surface area (Å²) >= 11 is 11.9. The lowest BCUT2D eigenvalue weighted by molar-refractivity contribution is 0.777. The first-order valence-corrected chi connectivity index (χ1v) is 6.84. The van der Waals surface area contributed by atoms with Crippen molar-refractivity contribution >= 4 is 23.2 Å². The Hall–Kier alpha value is -1.78. The fourth-order valence-corrected chi connectivity index (χ4v) is 2.27. The Labute approximate surface area is 126 Å². The number of rotatable bonds is 3. The molecule has 0 N–H and O–H groups in total. The summed E-state index contributed by atoms with van der Waals surface area (Å²) in [6.45, 7) is 2.65. The average molecular weight is 307 g/mol. The third-order valence-corrected chi connectivity index (χ3v) is 3.68. The summed E-state index contributed by atoms with van der Waals surface area (Å²) in [5.74, 6) is 0. The van der Waals surface area contributed by atoms with Crippen LogP contribution in [0.3, 0.4) is 0 Å². The molecule has 0 bridgehead atoms. The molecule has 0 aliphatic heterocycles. The predicted octanol–water partition coefficient (Wildman–Crippen LogP) is 3.73. The van der Waals surface area contributed by atoms with Crippen LogP contribution in [0, 0.1) is 6.92 Å². The Kier molecular flexibility index (Phi) is 3.51. The van der Waals surface area contributed by atoms with Gasteiger partial charge in [0.15, 0.2) is 0 Å². The van der Waals surface area contributed by atoms with Gasteiger partial charge in [0.05, 0.1) is 40.6 Å². The summed E-state index contributed by atoms with van der Waals surface area (Å²) in [5, 5.41) is 1.08. The molecule has 1 aromatic carbocycles. The molecule has 2 heterocycles. The van der Waals surface area contributed by atoms with Crippen molar-refractivity contribution < 1.29 is 0 Å². The van der Waals surface area contributed by atoms with Crippen molar-refractivity contribution in [2.24, 2.45) is 0 Å². The number of halogens is 2. The molecule has 0 spiro atoms. The average Bonchev–Trinajstić information content (AvgIpc) is 3.03. The summed E-state index contributed by atoms with van der Waals surface area (Å²) in [5.41, 5.74) is 2.88. The van der Waals surface area contributed by atoms with Crippen LogP contribution in [-0.2, 0) is 6.54 Å². The maximum absolute atomic E-state index is 6.02. The molecule has 20 heavy (non-hydrogen) atoms. The second-order valence-corrected chi connectivity index (χ2v) is 5.37. The zero-order valence-corrected chi connectivity index (χ0v) is 12.3. The van der Waals surface area contributed by atoms with Gasteiger partial charge in [-0.25, -0.2) is 9.97 Å². The fraction of sp³-hybridized carbons (Fsp3) is 0.143. The molecule has 2 aromatic heterocycles. The van der Waals surface area contributed by atoms with Crippen LogP contribution in [0.1, 0.15) is 11.4 Å². The SMILES string of the molecule is Cc1cn(Cc2cn(-c3ccc(Cl)c(Cl)c3)cn2)cn1. The largest absolute Gasteiger partial charge is 0.331 e. The summed E-state index contributed by atoms with van der Waals surface area (Å²) in [6.07, 6.45) is 7.51. The molecule has 0 radical (unpaired) electrons. The Morgan fingerprint density at radius 3 is 2.60 bits per heavy atom. The van der Waals surface area contributed by atoms with Gasteiger partial charge >= 0.3 is 0 Å². The van der Waals surface area contributed by atoms with E-state index in [1.165, 1.54) is 0 Å². The summed E-state index contributed by atoms with van der Waals surface area (Å²) in [6, 6.07) is 5.50. The first kappa shape index (κ1) is 13.2. The van der Waals surface area contributed by atoms with Gasteiger partial charge in [-0.15, -0.1) is 0 Å². The minimum absolute atomic E-state index is 0.532. The predicted molar refractivity (Wildman–Crippen MR) is 79.7 cm³/mol. The third-order valence-electron chi connectivity index (χ3n) is 2.94. The monoisotopic (exact) mass is 306 g/mol. The third kappa shape index (κ3) is 2.71. The van der Waals surface area contributed by atoms with Gasteiger partial charge in [0.2, 0.25) is 0 Å². The number of hydrogen-bond acceptors (Lipinski definition) is 2. The van der Waals surface area contributed by atoms with Crippen molar-refractivity contribution in [3.05, 3.63) is 64.7 Å². The molecule has 0 saturated heterocycles. The van der Waals surface area contributed by atoms with Gasteiger partial charge < -0.3 is 9.13 Å². The van der Waals surface area contributed by atoms with Crippen molar-refractivity contribution in [2.75, 3.05) is 0 Å². The molecule has 3 rings (SSSR count). The van der Waals surface area contributed by atoms with E-state index in [2.05, 4.69) is 9.97 Å². The Bertz CT molecular complexity index is 745. The van der Waals surface area contributed by atoms with Crippen LogP contribution in [0.2, 0.25) is 10.0 Å². The van der Waals surface area contributed by atoms with Crippen molar-refractivity contribution in [1.29, 1.82) is 0 Å². The molecule has 6 heteroatoms. The molecule has 0 unspecified atom stereocenters. The van der Waals surface area contributed by atoms with Crippen molar-refractivity contribution in [2.45, 2.75) is 13.5 Å². The van der Waals surface area contributed by atoms with Gasteiger partial charge in [0.25, 0.3) is 0 Å². The summed E-state index contributed by atoms with van der Waals surface area (Å²) in [7, 11) is 0. The van der Waals surface area contributed by atoms with Crippen LogP contribution >= 0.6 is 23.2 Å². The van der Waals surface area contributed by atoms with Crippen LogP contribution in [0.4, 0.5) is 0 Å². The lowest BCUT2D eigenvalue weighted by Crippen LogP contribution is -1.96. The zero-order valence-electron chi connectivity index (χ0n) is 10.8. The number of benzene rings is 1. The maximum Gasteiger partial charge on any atom is 0.0996 e. The minimum Gasteiger partial charge on any atom is -0.331 e. The van der Waals surface area contributed by atoms with Crippen LogP contribution < -0.4 is 0 Å². The van der Waals surface area contributed by atoms with E-state index in [-0.39, 0.29) is 0 Å². The highest BCUT2D eigenvalue weighted by molar-refractivity contribution is 6.42. The molecule has 4 nitrogen and oxygen atoms in total. The van der Waals surface area contributed by atoms with Crippen molar-refractivity contribution in [1.82, 2.24) is 19.1 Å². The van der Waals surface area contributed by atoms with Gasteiger partial charge in [-0.05, 0) is 25.1 Å². The van der Waals surface area contributed by atoms with E-state index in [4.69, 9.17) is 23.2 Å². The molecular weight excluding hydrogens is 295 g/mol. The smallest absolute Gasteiger partial charge is 0.0996 e. The normalized spacial score (nSPS) is 10.9. The lowest BCUT2D eigenvalue weighted by Gasteiger charge is -2.03. The van der Waals surface area contributed by atoms with E-state index in [0.717, 1.165) is 17.1 Å². The van der Waals surface area contributed by atoms with E-state index in [9.17, 15) is 0 Å². The molecule has 102 valence electrons. The topological polar surface area (TPSA) is 35.6 Å². The second-order valence-electron chi connectivity index (χ2n) is 4.56. The molecule has 0 amide bonds. The summed E-state index contributed by atoms with van der Waals surface area (Å²) in [4.78, 5) is 8.58. The second kappa shape index (κ2) is 5.31. The Balaban J connectivity index is 1.84. The van der Waals surface area contributed by atoms with Gasteiger partial charge in [-0.3, -0.25) is 0 Å². The van der Waals surface area contributed by atoms with Gasteiger partial charge in [-0.1, -0.05) is 23.2 Å². The van der Waals surface area contributed by atoms with Gasteiger partial charge in [0.1, 0.15) is 0 Å². The van der Waals surface area contributed by atoms with E-state index in [1.807, 2.05) is 40.6 Å². The van der Waals surface area contributed by atoms with Gasteiger partial charge in [0, 0.05) is 18.1 Å². The molecule has 0 atom stereocenters. The van der Waals surface area contributed by atoms with Crippen LogP contribution in [0.5, 0.6) is 0 Å². The maximum atomic E-state index is 6.02.